The van der Waals surface area contributed by atoms with Crippen LogP contribution in [-0.2, 0) is 4.79 Å². The van der Waals surface area contributed by atoms with Crippen molar-refractivity contribution in [3.8, 4) is 23.0 Å². The number of carbonyl (C=O) groups is 2. The van der Waals surface area contributed by atoms with Crippen molar-refractivity contribution < 1.29 is 24.5 Å². The summed E-state index contributed by atoms with van der Waals surface area (Å²) in [7, 11) is 0. The maximum absolute atomic E-state index is 12.2. The number of phenolic OH excluding ortho intramolecular Hbond substituents is 2. The summed E-state index contributed by atoms with van der Waals surface area (Å²) in [5.74, 6) is 1.41. The molecule has 2 atom stereocenters. The van der Waals surface area contributed by atoms with Gasteiger partial charge < -0.3 is 36.2 Å². The molecule has 3 amide bonds. The highest BCUT2D eigenvalue weighted by Crippen LogP contribution is 2.39. The highest BCUT2D eigenvalue weighted by atomic mass is 16.5. The third-order valence-electron chi connectivity index (χ3n) is 7.33. The van der Waals surface area contributed by atoms with E-state index in [1.54, 1.807) is 6.07 Å². The van der Waals surface area contributed by atoms with Gasteiger partial charge in [-0.05, 0) is 61.4 Å². The number of allylic oxidation sites excluding steroid dienone is 1. The molecule has 0 radical (unpaired) electrons. The standard InChI is InChI=1S/C28H33N5O5/c1-2-23(36)33-13-3-4-16(15-33)5-11-20-26-24(27(29)32-28(37)31-26)25(30-20)17-6-8-18(9-7-17)38-19-10-12-21(34)22(35)14-19/h6-10,12,14,16,25,30,34-35H,2-5,11,13,15,29H2,1H3,(H2,31,32,37). The predicted molar refractivity (Wildman–Crippen MR) is 141 cm³/mol. The first-order chi connectivity index (χ1) is 18.3. The van der Waals surface area contributed by atoms with Gasteiger partial charge in [-0.2, -0.15) is 0 Å². The fourth-order valence-corrected chi connectivity index (χ4v) is 5.37. The number of benzene rings is 2. The lowest BCUT2D eigenvalue weighted by atomic mass is 9.92. The number of hydrogen-bond acceptors (Lipinski definition) is 7. The minimum absolute atomic E-state index is 0.203. The molecule has 200 valence electrons. The number of nitrogens with zero attached hydrogens (tertiary/aromatic N) is 1. The van der Waals surface area contributed by atoms with Crippen molar-refractivity contribution in [1.29, 1.82) is 0 Å². The molecule has 1 saturated heterocycles. The molecule has 1 fully saturated rings. The van der Waals surface area contributed by atoms with E-state index in [9.17, 15) is 19.8 Å². The van der Waals surface area contributed by atoms with E-state index in [1.165, 1.54) is 12.1 Å². The van der Waals surface area contributed by atoms with Gasteiger partial charge in [-0.15, -0.1) is 0 Å². The van der Waals surface area contributed by atoms with E-state index in [-0.39, 0.29) is 29.5 Å². The number of amides is 3. The van der Waals surface area contributed by atoms with Gasteiger partial charge in [-0.25, -0.2) is 4.79 Å². The zero-order valence-corrected chi connectivity index (χ0v) is 21.3. The lowest BCUT2D eigenvalue weighted by Gasteiger charge is -2.33. The van der Waals surface area contributed by atoms with E-state index >= 15 is 0 Å². The van der Waals surface area contributed by atoms with Gasteiger partial charge in [-0.3, -0.25) is 10.1 Å². The second-order valence-corrected chi connectivity index (χ2v) is 9.90. The molecule has 0 saturated carbocycles. The smallest absolute Gasteiger partial charge is 0.324 e. The monoisotopic (exact) mass is 519 g/mol. The number of rotatable bonds is 7. The molecule has 10 nitrogen and oxygen atoms in total. The van der Waals surface area contributed by atoms with Crippen LogP contribution in [0.25, 0.3) is 0 Å². The lowest BCUT2D eigenvalue weighted by Crippen LogP contribution is -2.43. The van der Waals surface area contributed by atoms with Gasteiger partial charge in [0, 0.05) is 36.8 Å². The van der Waals surface area contributed by atoms with Crippen LogP contribution in [0, 0.1) is 5.92 Å². The molecule has 5 rings (SSSR count). The number of nitrogens with two attached hydrogens (primary N) is 1. The number of ether oxygens (including phenoxy) is 1. The number of carbonyl (C=O) groups excluding carboxylic acids is 2. The summed E-state index contributed by atoms with van der Waals surface area (Å²) in [4.78, 5) is 26.4. The molecule has 2 aromatic carbocycles. The second kappa shape index (κ2) is 10.6. The Kier molecular flexibility index (Phi) is 7.04. The Hall–Kier alpha value is -4.34. The predicted octanol–water partition coefficient (Wildman–Crippen LogP) is 3.66. The summed E-state index contributed by atoms with van der Waals surface area (Å²) < 4.78 is 5.80. The zero-order chi connectivity index (χ0) is 26.8. The van der Waals surface area contributed by atoms with Gasteiger partial charge in [0.2, 0.25) is 5.91 Å². The topological polar surface area (TPSA) is 149 Å². The van der Waals surface area contributed by atoms with Crippen molar-refractivity contribution in [2.75, 3.05) is 13.1 Å². The van der Waals surface area contributed by atoms with Gasteiger partial charge in [0.1, 0.15) is 17.3 Å². The van der Waals surface area contributed by atoms with Gasteiger partial charge in [0.15, 0.2) is 11.5 Å². The van der Waals surface area contributed by atoms with Crippen LogP contribution in [-0.4, -0.2) is 40.1 Å². The summed E-state index contributed by atoms with van der Waals surface area (Å²) in [5.41, 5.74) is 9.66. The van der Waals surface area contributed by atoms with E-state index < -0.39 is 0 Å². The Bertz CT molecular complexity index is 1300. The average molecular weight is 520 g/mol. The molecule has 2 aromatic rings. The number of likely N-dealkylation sites (tertiary alicyclic amines) is 1. The highest BCUT2D eigenvalue weighted by Gasteiger charge is 2.36. The Morgan fingerprint density at radius 3 is 2.61 bits per heavy atom. The summed E-state index contributed by atoms with van der Waals surface area (Å²) in [6.07, 6.45) is 4.24. The van der Waals surface area contributed by atoms with Crippen molar-refractivity contribution in [2.24, 2.45) is 11.7 Å². The molecule has 3 aliphatic heterocycles. The van der Waals surface area contributed by atoms with Gasteiger partial charge in [0.05, 0.1) is 11.7 Å². The first-order valence-electron chi connectivity index (χ1n) is 13.0. The lowest BCUT2D eigenvalue weighted by molar-refractivity contribution is -0.132. The van der Waals surface area contributed by atoms with E-state index in [2.05, 4.69) is 16.0 Å². The first-order valence-corrected chi connectivity index (χ1v) is 13.0. The second-order valence-electron chi connectivity index (χ2n) is 9.90. The number of aromatic hydroxyl groups is 2. The zero-order valence-electron chi connectivity index (χ0n) is 21.3. The molecule has 0 aromatic heterocycles. The Morgan fingerprint density at radius 1 is 1.11 bits per heavy atom. The Labute approximate surface area is 221 Å². The molecule has 7 N–H and O–H groups in total. The molecule has 3 heterocycles. The van der Waals surface area contributed by atoms with Crippen LogP contribution in [0.2, 0.25) is 0 Å². The number of hydrogen-bond donors (Lipinski definition) is 6. The fraction of sp³-hybridized carbons (Fsp3) is 0.357. The van der Waals surface area contributed by atoms with Crippen LogP contribution in [0.1, 0.15) is 50.6 Å². The normalized spacial score (nSPS) is 21.0. The summed E-state index contributed by atoms with van der Waals surface area (Å²) in [5, 5.41) is 28.4. The minimum atomic E-state index is -0.362. The van der Waals surface area contributed by atoms with Gasteiger partial charge in [0.25, 0.3) is 0 Å². The van der Waals surface area contributed by atoms with E-state index in [0.717, 1.165) is 55.6 Å². The Morgan fingerprint density at radius 2 is 1.87 bits per heavy atom. The summed E-state index contributed by atoms with van der Waals surface area (Å²) in [6.45, 7) is 3.50. The van der Waals surface area contributed by atoms with Crippen molar-refractivity contribution in [1.82, 2.24) is 20.9 Å². The number of piperidine rings is 1. The third-order valence-corrected chi connectivity index (χ3v) is 7.33. The largest absolute Gasteiger partial charge is 0.504 e. The molecule has 3 aliphatic rings. The summed E-state index contributed by atoms with van der Waals surface area (Å²) in [6, 6.07) is 11.1. The molecule has 38 heavy (non-hydrogen) atoms. The molecule has 0 spiro atoms. The van der Waals surface area contributed by atoms with Crippen LogP contribution >= 0.6 is 0 Å². The van der Waals surface area contributed by atoms with Gasteiger partial charge >= 0.3 is 6.03 Å². The maximum Gasteiger partial charge on any atom is 0.324 e. The van der Waals surface area contributed by atoms with Crippen LogP contribution in [0.15, 0.2) is 65.3 Å². The fourth-order valence-electron chi connectivity index (χ4n) is 5.37. The maximum atomic E-state index is 12.2. The van der Waals surface area contributed by atoms with E-state index in [1.807, 2.05) is 36.1 Å². The molecular weight excluding hydrogens is 486 g/mol. The molecular formula is C28H33N5O5. The Balaban J connectivity index is 1.31. The molecule has 0 bridgehead atoms. The quantitative estimate of drug-likeness (QED) is 0.306. The van der Waals surface area contributed by atoms with Crippen LogP contribution < -0.4 is 26.4 Å². The number of urea groups is 1. The van der Waals surface area contributed by atoms with E-state index in [4.69, 9.17) is 10.5 Å². The molecule has 0 aliphatic carbocycles. The highest BCUT2D eigenvalue weighted by molar-refractivity contribution is 5.82. The number of fused-ring (bicyclic) bond motifs is 1. The summed E-state index contributed by atoms with van der Waals surface area (Å²) >= 11 is 0. The third kappa shape index (κ3) is 5.20. The average Bonchev–Trinajstić information content (AvgIpc) is 3.28. The van der Waals surface area contributed by atoms with Crippen LogP contribution in [0.5, 0.6) is 23.0 Å². The minimum Gasteiger partial charge on any atom is -0.504 e. The van der Waals surface area contributed by atoms with Crippen molar-refractivity contribution in [2.45, 2.75) is 45.1 Å². The van der Waals surface area contributed by atoms with Crippen molar-refractivity contribution in [3.63, 3.8) is 0 Å². The van der Waals surface area contributed by atoms with E-state index in [0.29, 0.717) is 35.4 Å². The molecule has 2 unspecified atom stereocenters. The van der Waals surface area contributed by atoms with Crippen molar-refractivity contribution >= 4 is 11.9 Å². The SMILES string of the molecule is CCC(=O)N1CCCC(CCC2=C3NC(=O)NC(N)=C3C(c3ccc(Oc4ccc(O)c(O)c4)cc3)N2)C1. The number of phenols is 2. The van der Waals surface area contributed by atoms with Crippen LogP contribution in [0.3, 0.4) is 0 Å². The molecule has 10 heteroatoms. The van der Waals surface area contributed by atoms with Crippen LogP contribution in [0.4, 0.5) is 4.79 Å². The van der Waals surface area contributed by atoms with Gasteiger partial charge in [-0.1, -0.05) is 19.1 Å². The van der Waals surface area contributed by atoms with Crippen molar-refractivity contribution in [3.05, 3.63) is 70.8 Å². The first kappa shape index (κ1) is 25.3. The number of nitrogens with one attached hydrogen (secondary N) is 3.